The second kappa shape index (κ2) is 10.1. The first-order valence-electron chi connectivity index (χ1n) is 9.65. The Labute approximate surface area is 166 Å². The Balaban J connectivity index is 1.59. The van der Waals surface area contributed by atoms with E-state index < -0.39 is 0 Å². The molecule has 0 aliphatic heterocycles. The fourth-order valence-corrected chi connectivity index (χ4v) is 2.82. The van der Waals surface area contributed by atoms with Crippen molar-refractivity contribution in [3.63, 3.8) is 0 Å². The minimum absolute atomic E-state index is 0.545. The maximum absolute atomic E-state index is 10.4. The first kappa shape index (κ1) is 19.4. The van der Waals surface area contributed by atoms with E-state index in [1.165, 1.54) is 16.7 Å². The van der Waals surface area contributed by atoms with Crippen molar-refractivity contribution >= 4 is 30.6 Å². The summed E-state index contributed by atoms with van der Waals surface area (Å²) < 4.78 is 4.16. The van der Waals surface area contributed by atoms with Crippen molar-refractivity contribution in [1.29, 1.82) is 0 Å². The second-order valence-electron chi connectivity index (χ2n) is 6.62. The molecule has 1 aromatic carbocycles. The van der Waals surface area contributed by atoms with Crippen LogP contribution >= 0.6 is 0 Å². The van der Waals surface area contributed by atoms with Gasteiger partial charge in [-0.2, -0.15) is 0 Å². The number of aryl methyl sites for hydroxylation is 2. The van der Waals surface area contributed by atoms with Gasteiger partial charge in [-0.25, -0.2) is 9.13 Å². The normalized spacial score (nSPS) is 11.3. The molecule has 28 heavy (non-hydrogen) atoms. The molecular formula is C25H26N2O+2. The first-order valence-corrected chi connectivity index (χ1v) is 9.65. The van der Waals surface area contributed by atoms with Crippen LogP contribution in [0.1, 0.15) is 35.6 Å². The molecule has 2 heterocycles. The molecule has 0 spiro atoms. The molecule has 0 atom stereocenters. The molecule has 0 N–H and O–H groups in total. The fraction of sp³-hybridized carbons (Fsp3) is 0.160. The number of carbonyl (C=O) groups is 1. The third kappa shape index (κ3) is 5.85. The highest BCUT2D eigenvalue weighted by molar-refractivity contribution is 5.72. The maximum atomic E-state index is 10.4. The van der Waals surface area contributed by atoms with Gasteiger partial charge in [0, 0.05) is 24.3 Å². The Bertz CT molecular complexity index is 937. The minimum Gasteiger partial charge on any atom is -0.303 e. The number of rotatable bonds is 8. The predicted molar refractivity (Wildman–Crippen MR) is 114 cm³/mol. The zero-order valence-electron chi connectivity index (χ0n) is 16.2. The zero-order valence-corrected chi connectivity index (χ0v) is 16.2. The van der Waals surface area contributed by atoms with Gasteiger partial charge in [0.25, 0.3) is 0 Å². The van der Waals surface area contributed by atoms with Gasteiger partial charge >= 0.3 is 0 Å². The van der Waals surface area contributed by atoms with Crippen molar-refractivity contribution in [1.82, 2.24) is 0 Å². The van der Waals surface area contributed by atoms with E-state index in [1.54, 1.807) is 0 Å². The van der Waals surface area contributed by atoms with Gasteiger partial charge in [0.2, 0.25) is 0 Å². The van der Waals surface area contributed by atoms with E-state index in [0.717, 1.165) is 24.9 Å². The predicted octanol–water partition coefficient (Wildman–Crippen LogP) is 4.21. The van der Waals surface area contributed by atoms with E-state index >= 15 is 0 Å². The van der Waals surface area contributed by atoms with Gasteiger partial charge in [0.15, 0.2) is 31.3 Å². The van der Waals surface area contributed by atoms with E-state index in [4.69, 9.17) is 0 Å². The van der Waals surface area contributed by atoms with Crippen LogP contribution in [0.4, 0.5) is 0 Å². The summed E-state index contributed by atoms with van der Waals surface area (Å²) in [6.45, 7) is 3.85. The lowest BCUT2D eigenvalue weighted by Gasteiger charge is -1.98. The number of aromatic nitrogens is 2. The number of nitrogens with zero attached hydrogens (tertiary/aromatic N) is 2. The molecule has 3 aromatic rings. The minimum atomic E-state index is 0.545. The third-order valence-electron chi connectivity index (χ3n) is 4.58. The number of hydrogen-bond acceptors (Lipinski definition) is 1. The molecule has 140 valence electrons. The highest BCUT2D eigenvalue weighted by Gasteiger charge is 1.98. The first-order chi connectivity index (χ1) is 13.8. The summed E-state index contributed by atoms with van der Waals surface area (Å²) in [5, 5.41) is 0. The van der Waals surface area contributed by atoms with Crippen LogP contribution in [0.15, 0.2) is 73.3 Å². The summed E-state index contributed by atoms with van der Waals surface area (Å²) in [5.41, 5.74) is 4.68. The summed E-state index contributed by atoms with van der Waals surface area (Å²) in [6, 6.07) is 16.9. The van der Waals surface area contributed by atoms with Crippen molar-refractivity contribution in [3.8, 4) is 0 Å². The van der Waals surface area contributed by atoms with Crippen LogP contribution in [-0.4, -0.2) is 6.29 Å². The monoisotopic (exact) mass is 370 g/mol. The van der Waals surface area contributed by atoms with E-state index in [0.29, 0.717) is 6.42 Å². The SMILES string of the molecule is CC[n+]1ccc(/C=C/c2ccc(/C=C/c3cc[n+](CCC=O)cc3)cc2)cc1. The number of carbonyl (C=O) groups excluding carboxylic acids is 1. The summed E-state index contributed by atoms with van der Waals surface area (Å²) in [5.74, 6) is 0. The van der Waals surface area contributed by atoms with Crippen LogP contribution in [-0.2, 0) is 17.9 Å². The Morgan fingerprint density at radius 3 is 1.43 bits per heavy atom. The summed E-state index contributed by atoms with van der Waals surface area (Å²) in [6.07, 6.45) is 18.2. The molecule has 3 nitrogen and oxygen atoms in total. The van der Waals surface area contributed by atoms with E-state index in [1.807, 2.05) is 17.0 Å². The van der Waals surface area contributed by atoms with Gasteiger partial charge in [-0.05, 0) is 29.2 Å². The molecule has 3 heteroatoms. The molecule has 0 radical (unpaired) electrons. The molecule has 0 bridgehead atoms. The van der Waals surface area contributed by atoms with E-state index in [9.17, 15) is 4.79 Å². The molecule has 0 saturated carbocycles. The van der Waals surface area contributed by atoms with Gasteiger partial charge in [0.1, 0.15) is 12.8 Å². The van der Waals surface area contributed by atoms with E-state index in [-0.39, 0.29) is 0 Å². The Morgan fingerprint density at radius 1 is 0.643 bits per heavy atom. The van der Waals surface area contributed by atoms with Crippen molar-refractivity contribution in [2.75, 3.05) is 0 Å². The fourth-order valence-electron chi connectivity index (χ4n) is 2.82. The Kier molecular flexibility index (Phi) is 7.02. The molecule has 0 unspecified atom stereocenters. The number of aldehydes is 1. The summed E-state index contributed by atoms with van der Waals surface area (Å²) in [4.78, 5) is 10.4. The summed E-state index contributed by atoms with van der Waals surface area (Å²) >= 11 is 0. The highest BCUT2D eigenvalue weighted by atomic mass is 16.1. The molecule has 2 aromatic heterocycles. The maximum Gasteiger partial charge on any atom is 0.169 e. The van der Waals surface area contributed by atoms with Gasteiger partial charge in [-0.1, -0.05) is 48.6 Å². The van der Waals surface area contributed by atoms with Crippen LogP contribution in [0.2, 0.25) is 0 Å². The topological polar surface area (TPSA) is 24.8 Å². The average molecular weight is 370 g/mol. The van der Waals surface area contributed by atoms with Gasteiger partial charge < -0.3 is 4.79 Å². The molecule has 0 saturated heterocycles. The molecule has 3 rings (SSSR count). The number of hydrogen-bond donors (Lipinski definition) is 0. The Morgan fingerprint density at radius 2 is 1.04 bits per heavy atom. The van der Waals surface area contributed by atoms with Gasteiger partial charge in [-0.3, -0.25) is 0 Å². The van der Waals surface area contributed by atoms with Gasteiger partial charge in [0.05, 0.1) is 6.42 Å². The molecule has 0 aliphatic carbocycles. The standard InChI is InChI=1S/C25H26N2O/c1-2-26-17-12-24(13-18-26)10-8-22-4-6-23(7-5-22)9-11-25-14-19-27(20-15-25)16-3-21-28/h4-15,17-21H,2-3,16H2,1H3/q+2/b10-8+,11-9+. The zero-order chi connectivity index (χ0) is 19.6. The van der Waals surface area contributed by atoms with Crippen molar-refractivity contribution in [3.05, 3.63) is 95.6 Å². The van der Waals surface area contributed by atoms with Crippen LogP contribution in [0, 0.1) is 0 Å². The number of pyridine rings is 2. The molecule has 0 amide bonds. The van der Waals surface area contributed by atoms with Crippen molar-refractivity contribution in [2.45, 2.75) is 26.4 Å². The van der Waals surface area contributed by atoms with Crippen molar-refractivity contribution < 1.29 is 13.9 Å². The lowest BCUT2D eigenvalue weighted by Crippen LogP contribution is -2.32. The van der Waals surface area contributed by atoms with Crippen LogP contribution in [0.5, 0.6) is 0 Å². The third-order valence-corrected chi connectivity index (χ3v) is 4.58. The smallest absolute Gasteiger partial charge is 0.169 e. The molecular weight excluding hydrogens is 344 g/mol. The van der Waals surface area contributed by atoms with Crippen LogP contribution in [0.3, 0.4) is 0 Å². The molecule has 0 fully saturated rings. The van der Waals surface area contributed by atoms with Gasteiger partial charge in [-0.15, -0.1) is 0 Å². The van der Waals surface area contributed by atoms with Crippen molar-refractivity contribution in [2.24, 2.45) is 0 Å². The highest BCUT2D eigenvalue weighted by Crippen LogP contribution is 2.12. The molecule has 0 aliphatic rings. The Hall–Kier alpha value is -3.33. The van der Waals surface area contributed by atoms with E-state index in [2.05, 4.69) is 96.7 Å². The average Bonchev–Trinajstić information content (AvgIpc) is 2.76. The number of benzene rings is 1. The van der Waals surface area contributed by atoms with Crippen LogP contribution < -0.4 is 9.13 Å². The largest absolute Gasteiger partial charge is 0.303 e. The summed E-state index contributed by atoms with van der Waals surface area (Å²) in [7, 11) is 0. The quantitative estimate of drug-likeness (QED) is 0.431. The lowest BCUT2D eigenvalue weighted by molar-refractivity contribution is -0.695. The van der Waals surface area contributed by atoms with Crippen LogP contribution in [0.25, 0.3) is 24.3 Å². The second-order valence-corrected chi connectivity index (χ2v) is 6.62. The lowest BCUT2D eigenvalue weighted by atomic mass is 10.1.